The van der Waals surface area contributed by atoms with Crippen molar-refractivity contribution in [3.8, 4) is 0 Å². The van der Waals surface area contributed by atoms with Crippen LogP contribution in [-0.2, 0) is 6.54 Å². The van der Waals surface area contributed by atoms with Gasteiger partial charge in [0.15, 0.2) is 0 Å². The Kier molecular flexibility index (Phi) is 6.15. The van der Waals surface area contributed by atoms with Crippen molar-refractivity contribution in [1.82, 2.24) is 10.2 Å². The summed E-state index contributed by atoms with van der Waals surface area (Å²) in [7, 11) is 0. The van der Waals surface area contributed by atoms with Gasteiger partial charge < -0.3 is 5.32 Å². The highest BCUT2D eigenvalue weighted by Gasteiger charge is 2.18. The smallest absolute Gasteiger partial charge is 0.0406 e. The molecule has 1 aromatic rings. The van der Waals surface area contributed by atoms with Gasteiger partial charge in [0.2, 0.25) is 0 Å². The first-order chi connectivity index (χ1) is 9.28. The third kappa shape index (κ3) is 5.13. The topological polar surface area (TPSA) is 15.3 Å². The van der Waals surface area contributed by atoms with Gasteiger partial charge in [0.05, 0.1) is 0 Å². The molecule has 0 bridgehead atoms. The maximum absolute atomic E-state index is 5.91. The van der Waals surface area contributed by atoms with Crippen molar-refractivity contribution in [3.05, 3.63) is 34.9 Å². The number of nitrogens with zero attached hydrogens (tertiary/aromatic N) is 1. The number of halogens is 1. The number of rotatable bonds is 6. The first kappa shape index (κ1) is 14.8. The van der Waals surface area contributed by atoms with Crippen LogP contribution in [0.25, 0.3) is 0 Å². The summed E-state index contributed by atoms with van der Waals surface area (Å²) in [5, 5.41) is 4.37. The van der Waals surface area contributed by atoms with Crippen LogP contribution in [0.15, 0.2) is 24.3 Å². The molecule has 2 rings (SSSR count). The van der Waals surface area contributed by atoms with Crippen molar-refractivity contribution < 1.29 is 0 Å². The molecule has 1 aromatic carbocycles. The highest BCUT2D eigenvalue weighted by atomic mass is 35.5. The summed E-state index contributed by atoms with van der Waals surface area (Å²) < 4.78 is 0. The Labute approximate surface area is 122 Å². The molecule has 0 atom stereocenters. The summed E-state index contributed by atoms with van der Waals surface area (Å²) in [6, 6.07) is 8.24. The van der Waals surface area contributed by atoms with Gasteiger partial charge in [0.25, 0.3) is 0 Å². The summed E-state index contributed by atoms with van der Waals surface area (Å²) in [4.78, 5) is 2.56. The lowest BCUT2D eigenvalue weighted by Crippen LogP contribution is -2.37. The second kappa shape index (κ2) is 7.88. The predicted molar refractivity (Wildman–Crippen MR) is 82.6 cm³/mol. The zero-order valence-electron chi connectivity index (χ0n) is 11.9. The minimum Gasteiger partial charge on any atom is -0.316 e. The van der Waals surface area contributed by atoms with Gasteiger partial charge >= 0.3 is 0 Å². The van der Waals surface area contributed by atoms with Crippen LogP contribution in [0.1, 0.15) is 31.7 Å². The Morgan fingerprint density at radius 2 is 1.89 bits per heavy atom. The van der Waals surface area contributed by atoms with Crippen LogP contribution in [0.2, 0.25) is 5.02 Å². The van der Waals surface area contributed by atoms with Crippen LogP contribution in [0.4, 0.5) is 0 Å². The van der Waals surface area contributed by atoms with Crippen molar-refractivity contribution in [1.29, 1.82) is 0 Å². The van der Waals surface area contributed by atoms with E-state index in [4.69, 9.17) is 11.6 Å². The number of nitrogens with one attached hydrogen (secondary N) is 1. The van der Waals surface area contributed by atoms with Crippen LogP contribution in [-0.4, -0.2) is 31.1 Å². The summed E-state index contributed by atoms with van der Waals surface area (Å²) in [5.74, 6) is 0.869. The molecule has 0 unspecified atom stereocenters. The lowest BCUT2D eigenvalue weighted by molar-refractivity contribution is 0.175. The summed E-state index contributed by atoms with van der Waals surface area (Å²) in [6.45, 7) is 8.09. The molecule has 19 heavy (non-hydrogen) atoms. The van der Waals surface area contributed by atoms with E-state index in [9.17, 15) is 0 Å². The number of hydrogen-bond acceptors (Lipinski definition) is 2. The van der Waals surface area contributed by atoms with E-state index < -0.39 is 0 Å². The van der Waals surface area contributed by atoms with E-state index >= 15 is 0 Å². The van der Waals surface area contributed by atoms with E-state index in [2.05, 4.69) is 29.3 Å². The van der Waals surface area contributed by atoms with E-state index in [0.717, 1.165) is 24.0 Å². The fourth-order valence-corrected chi connectivity index (χ4v) is 2.81. The van der Waals surface area contributed by atoms with E-state index in [1.807, 2.05) is 12.1 Å². The van der Waals surface area contributed by atoms with Crippen molar-refractivity contribution in [2.24, 2.45) is 5.92 Å². The van der Waals surface area contributed by atoms with Crippen LogP contribution < -0.4 is 5.32 Å². The molecule has 106 valence electrons. The molecule has 1 fully saturated rings. The lowest BCUT2D eigenvalue weighted by Gasteiger charge is -2.32. The van der Waals surface area contributed by atoms with Gasteiger partial charge in [-0.2, -0.15) is 0 Å². The zero-order valence-corrected chi connectivity index (χ0v) is 12.6. The highest BCUT2D eigenvalue weighted by molar-refractivity contribution is 6.30. The van der Waals surface area contributed by atoms with Crippen LogP contribution in [0.3, 0.4) is 0 Å². The quantitative estimate of drug-likeness (QED) is 0.802. The van der Waals surface area contributed by atoms with E-state index in [1.165, 1.54) is 44.5 Å². The van der Waals surface area contributed by atoms with Crippen molar-refractivity contribution >= 4 is 11.6 Å². The molecular formula is C16H25ClN2. The molecule has 3 heteroatoms. The highest BCUT2D eigenvalue weighted by Crippen LogP contribution is 2.19. The molecule has 1 heterocycles. The fraction of sp³-hybridized carbons (Fsp3) is 0.625. The first-order valence-corrected chi connectivity index (χ1v) is 7.83. The molecule has 2 nitrogen and oxygen atoms in total. The van der Waals surface area contributed by atoms with E-state index in [1.54, 1.807) is 0 Å². The van der Waals surface area contributed by atoms with Gasteiger partial charge in [-0.3, -0.25) is 4.90 Å². The van der Waals surface area contributed by atoms with Gasteiger partial charge in [-0.05, 0) is 69.1 Å². The number of hydrogen-bond donors (Lipinski definition) is 1. The molecule has 0 radical (unpaired) electrons. The van der Waals surface area contributed by atoms with Gasteiger partial charge in [-0.1, -0.05) is 30.7 Å². The maximum Gasteiger partial charge on any atom is 0.0406 e. The molecule has 0 spiro atoms. The van der Waals surface area contributed by atoms with Crippen molar-refractivity contribution in [3.63, 3.8) is 0 Å². The molecule has 0 aromatic heterocycles. The number of likely N-dealkylation sites (tertiary alicyclic amines) is 1. The molecule has 1 saturated heterocycles. The zero-order chi connectivity index (χ0) is 13.5. The largest absolute Gasteiger partial charge is 0.316 e. The van der Waals surface area contributed by atoms with Crippen LogP contribution in [0, 0.1) is 5.92 Å². The van der Waals surface area contributed by atoms with E-state index in [-0.39, 0.29) is 0 Å². The Balaban J connectivity index is 1.69. The molecule has 0 amide bonds. The minimum absolute atomic E-state index is 0.824. The Morgan fingerprint density at radius 1 is 1.21 bits per heavy atom. The number of benzene rings is 1. The lowest BCUT2D eigenvalue weighted by atomic mass is 9.96. The van der Waals surface area contributed by atoms with Gasteiger partial charge in [0, 0.05) is 11.6 Å². The molecule has 0 saturated carbocycles. The van der Waals surface area contributed by atoms with Crippen LogP contribution in [0.5, 0.6) is 0 Å². The predicted octanol–water partition coefficient (Wildman–Crippen LogP) is 3.55. The van der Waals surface area contributed by atoms with Gasteiger partial charge in [-0.25, -0.2) is 0 Å². The second-order valence-electron chi connectivity index (χ2n) is 5.55. The summed E-state index contributed by atoms with van der Waals surface area (Å²) >= 11 is 5.91. The molecule has 1 aliphatic heterocycles. The normalized spacial score (nSPS) is 17.8. The monoisotopic (exact) mass is 280 g/mol. The third-order valence-corrected chi connectivity index (χ3v) is 4.14. The molecule has 0 aliphatic carbocycles. The Hall–Kier alpha value is -0.570. The molecule has 1 aliphatic rings. The van der Waals surface area contributed by atoms with Gasteiger partial charge in [-0.15, -0.1) is 0 Å². The van der Waals surface area contributed by atoms with E-state index in [0.29, 0.717) is 0 Å². The standard InChI is InChI=1S/C16H25ClN2/c1-2-9-18-12-14-7-10-19(11-8-14)13-15-3-5-16(17)6-4-15/h3-6,14,18H,2,7-13H2,1H3. The molecular weight excluding hydrogens is 256 g/mol. The molecule has 1 N–H and O–H groups in total. The minimum atomic E-state index is 0.824. The Morgan fingerprint density at radius 3 is 2.53 bits per heavy atom. The summed E-state index contributed by atoms with van der Waals surface area (Å²) in [6.07, 6.45) is 3.88. The van der Waals surface area contributed by atoms with Crippen molar-refractivity contribution in [2.45, 2.75) is 32.7 Å². The second-order valence-corrected chi connectivity index (χ2v) is 5.99. The average molecular weight is 281 g/mol. The first-order valence-electron chi connectivity index (χ1n) is 7.45. The average Bonchev–Trinajstić information content (AvgIpc) is 2.44. The third-order valence-electron chi connectivity index (χ3n) is 3.89. The van der Waals surface area contributed by atoms with Gasteiger partial charge in [0.1, 0.15) is 0 Å². The SMILES string of the molecule is CCCNCC1CCN(Cc2ccc(Cl)cc2)CC1. The maximum atomic E-state index is 5.91. The summed E-state index contributed by atoms with van der Waals surface area (Å²) in [5.41, 5.74) is 1.37. The van der Waals surface area contributed by atoms with Crippen molar-refractivity contribution in [2.75, 3.05) is 26.2 Å². The Bertz CT molecular complexity index is 356. The van der Waals surface area contributed by atoms with Crippen LogP contribution >= 0.6 is 11.6 Å². The number of piperidine rings is 1. The fourth-order valence-electron chi connectivity index (χ4n) is 2.68.